The number of hydrogen-bond acceptors (Lipinski definition) is 6. The Morgan fingerprint density at radius 2 is 1.91 bits per heavy atom. The van der Waals surface area contributed by atoms with Gasteiger partial charge in [-0.2, -0.15) is 0 Å². The molecule has 35 heavy (non-hydrogen) atoms. The van der Waals surface area contributed by atoms with E-state index in [4.69, 9.17) is 14.2 Å². The van der Waals surface area contributed by atoms with Crippen molar-refractivity contribution in [3.63, 3.8) is 0 Å². The van der Waals surface area contributed by atoms with Crippen LogP contribution >= 0.6 is 0 Å². The zero-order valence-corrected chi connectivity index (χ0v) is 20.7. The van der Waals surface area contributed by atoms with Crippen LogP contribution in [0.1, 0.15) is 61.7 Å². The molecule has 2 heterocycles. The van der Waals surface area contributed by atoms with Crippen LogP contribution in [0.15, 0.2) is 18.2 Å². The predicted molar refractivity (Wildman–Crippen MR) is 130 cm³/mol. The number of anilines is 1. The molecule has 1 aromatic carbocycles. The molecule has 2 fully saturated rings. The third kappa shape index (κ3) is 6.52. The molecule has 0 spiro atoms. The molecule has 9 nitrogen and oxygen atoms in total. The summed E-state index contributed by atoms with van der Waals surface area (Å²) >= 11 is 0. The van der Waals surface area contributed by atoms with Crippen LogP contribution in [-0.4, -0.2) is 74.8 Å². The lowest BCUT2D eigenvalue weighted by Gasteiger charge is -2.42. The Bertz CT molecular complexity index is 916. The number of ether oxygens (including phenoxy) is 3. The second-order valence-electron chi connectivity index (χ2n) is 9.87. The van der Waals surface area contributed by atoms with Gasteiger partial charge < -0.3 is 29.7 Å². The van der Waals surface area contributed by atoms with Crippen LogP contribution in [0.4, 0.5) is 5.69 Å². The van der Waals surface area contributed by atoms with E-state index in [1.807, 2.05) is 0 Å². The summed E-state index contributed by atoms with van der Waals surface area (Å²) in [6.07, 6.45) is 7.48. The normalized spacial score (nSPS) is 24.9. The number of methoxy groups -OCH3 is 1. The maximum absolute atomic E-state index is 13.3. The fourth-order valence-electron chi connectivity index (χ4n) is 5.36. The molecule has 192 valence electrons. The van der Waals surface area contributed by atoms with E-state index >= 15 is 0 Å². The summed E-state index contributed by atoms with van der Waals surface area (Å²) in [5.74, 6) is 0.584. The fourth-order valence-corrected chi connectivity index (χ4v) is 5.36. The van der Waals surface area contributed by atoms with Crippen LogP contribution < -0.4 is 15.4 Å². The maximum Gasteiger partial charge on any atom is 0.257 e. The third-order valence-electron chi connectivity index (χ3n) is 7.30. The highest BCUT2D eigenvalue weighted by Gasteiger charge is 2.39. The summed E-state index contributed by atoms with van der Waals surface area (Å²) in [6.45, 7) is 0.968. The number of nitrogens with one attached hydrogen (secondary N) is 2. The lowest BCUT2D eigenvalue weighted by Crippen LogP contribution is -2.54. The number of benzene rings is 1. The van der Waals surface area contributed by atoms with E-state index in [2.05, 4.69) is 10.6 Å². The van der Waals surface area contributed by atoms with E-state index in [-0.39, 0.29) is 49.2 Å². The van der Waals surface area contributed by atoms with Crippen LogP contribution in [0.2, 0.25) is 0 Å². The first kappa shape index (κ1) is 25.4. The van der Waals surface area contributed by atoms with E-state index in [1.54, 1.807) is 30.1 Å². The van der Waals surface area contributed by atoms with Gasteiger partial charge in [-0.1, -0.05) is 19.3 Å². The van der Waals surface area contributed by atoms with Gasteiger partial charge in [0.2, 0.25) is 11.8 Å². The van der Waals surface area contributed by atoms with Gasteiger partial charge in [0.25, 0.3) is 5.91 Å². The molecule has 3 atom stereocenters. The van der Waals surface area contributed by atoms with Gasteiger partial charge >= 0.3 is 0 Å². The van der Waals surface area contributed by atoms with Crippen LogP contribution in [-0.2, 0) is 19.1 Å². The number of amides is 3. The number of rotatable bonds is 7. The van der Waals surface area contributed by atoms with Crippen molar-refractivity contribution < 1.29 is 28.6 Å². The molecule has 0 aromatic heterocycles. The summed E-state index contributed by atoms with van der Waals surface area (Å²) in [5, 5.41) is 5.82. The van der Waals surface area contributed by atoms with Gasteiger partial charge in [0, 0.05) is 26.4 Å². The summed E-state index contributed by atoms with van der Waals surface area (Å²) in [7, 11) is 3.22. The van der Waals surface area contributed by atoms with E-state index in [9.17, 15) is 14.4 Å². The summed E-state index contributed by atoms with van der Waals surface area (Å²) in [5.41, 5.74) is 0.901. The molecule has 0 bridgehead atoms. The molecule has 1 saturated carbocycles. The monoisotopic (exact) mass is 487 g/mol. The Kier molecular flexibility index (Phi) is 8.62. The highest BCUT2D eigenvalue weighted by atomic mass is 16.5. The van der Waals surface area contributed by atoms with Crippen molar-refractivity contribution in [1.29, 1.82) is 0 Å². The summed E-state index contributed by atoms with van der Waals surface area (Å²) in [6, 6.07) is 4.86. The first-order chi connectivity index (χ1) is 16.9. The lowest BCUT2D eigenvalue weighted by molar-refractivity contribution is -0.134. The molecule has 2 aliphatic heterocycles. The molecule has 2 N–H and O–H groups in total. The number of likely N-dealkylation sites (N-methyl/N-ethyl adjacent to an activating group) is 1. The minimum Gasteiger partial charge on any atom is -0.490 e. The highest BCUT2D eigenvalue weighted by Crippen LogP contribution is 2.32. The number of nitrogens with zero attached hydrogens (tertiary/aromatic N) is 1. The van der Waals surface area contributed by atoms with Crippen molar-refractivity contribution >= 4 is 23.4 Å². The van der Waals surface area contributed by atoms with Gasteiger partial charge in [0.15, 0.2) is 0 Å². The maximum atomic E-state index is 13.3. The van der Waals surface area contributed by atoms with Crippen LogP contribution in [0.25, 0.3) is 0 Å². The standard InChI is InChI=1S/C26H37N3O6/c1-29-21-10-9-19(13-24(30)27-14-17-6-4-3-5-7-17)35-23(21)15-34-22-11-8-18(12-20(22)26(29)32)28-25(31)16-33-2/h8,11-12,17,19,21,23H,3-7,9-10,13-16H2,1-2H3,(H,27,30)(H,28,31)/t19-,21-,23-/m0/s1. The largest absolute Gasteiger partial charge is 0.490 e. The first-order valence-corrected chi connectivity index (χ1v) is 12.7. The minimum absolute atomic E-state index is 0.0311. The van der Waals surface area contributed by atoms with E-state index < -0.39 is 0 Å². The topological polar surface area (TPSA) is 106 Å². The lowest BCUT2D eigenvalue weighted by atomic mass is 9.89. The molecule has 1 aliphatic carbocycles. The Morgan fingerprint density at radius 3 is 2.69 bits per heavy atom. The molecule has 3 aliphatic rings. The van der Waals surface area contributed by atoms with Gasteiger partial charge in [-0.25, -0.2) is 0 Å². The highest BCUT2D eigenvalue weighted by molar-refractivity contribution is 6.00. The molecule has 1 aromatic rings. The van der Waals surface area contributed by atoms with Crippen LogP contribution in [0, 0.1) is 5.92 Å². The molecule has 0 unspecified atom stereocenters. The van der Waals surface area contributed by atoms with Crippen molar-refractivity contribution in [1.82, 2.24) is 10.2 Å². The van der Waals surface area contributed by atoms with Crippen molar-refractivity contribution in [2.75, 3.05) is 39.2 Å². The Labute approximate surface area is 206 Å². The average molecular weight is 488 g/mol. The van der Waals surface area contributed by atoms with Gasteiger partial charge in [-0.3, -0.25) is 14.4 Å². The van der Waals surface area contributed by atoms with Gasteiger partial charge in [0.05, 0.1) is 24.1 Å². The molecule has 3 amide bonds. The van der Waals surface area contributed by atoms with E-state index in [1.165, 1.54) is 39.2 Å². The van der Waals surface area contributed by atoms with Crippen molar-refractivity contribution in [2.45, 2.75) is 69.6 Å². The van der Waals surface area contributed by atoms with Crippen molar-refractivity contribution in [2.24, 2.45) is 5.92 Å². The molecule has 1 saturated heterocycles. The third-order valence-corrected chi connectivity index (χ3v) is 7.30. The smallest absolute Gasteiger partial charge is 0.257 e. The van der Waals surface area contributed by atoms with Gasteiger partial charge in [0.1, 0.15) is 25.1 Å². The Hall–Kier alpha value is -2.65. The summed E-state index contributed by atoms with van der Waals surface area (Å²) < 4.78 is 17.1. The Balaban J connectivity index is 1.35. The quantitative estimate of drug-likeness (QED) is 0.613. The molecular weight excluding hydrogens is 450 g/mol. The van der Waals surface area contributed by atoms with E-state index in [0.717, 1.165) is 13.0 Å². The average Bonchev–Trinajstić information content (AvgIpc) is 2.86. The van der Waals surface area contributed by atoms with Gasteiger partial charge in [-0.15, -0.1) is 0 Å². The van der Waals surface area contributed by atoms with Crippen molar-refractivity contribution in [3.8, 4) is 5.75 Å². The Morgan fingerprint density at radius 1 is 1.11 bits per heavy atom. The van der Waals surface area contributed by atoms with Crippen molar-refractivity contribution in [3.05, 3.63) is 23.8 Å². The number of carbonyl (C=O) groups is 3. The van der Waals surface area contributed by atoms with E-state index in [0.29, 0.717) is 35.8 Å². The summed E-state index contributed by atoms with van der Waals surface area (Å²) in [4.78, 5) is 39.4. The minimum atomic E-state index is -0.317. The number of fused-ring (bicyclic) bond motifs is 2. The molecular formula is C26H37N3O6. The fraction of sp³-hybridized carbons (Fsp3) is 0.654. The SMILES string of the molecule is COCC(=O)Nc1ccc2c(c1)C(=O)N(C)[C@H]1CC[C@@H](CC(=O)NCC3CCCCC3)O[C@H]1CO2. The number of carbonyl (C=O) groups excluding carboxylic acids is 3. The second-order valence-corrected chi connectivity index (χ2v) is 9.87. The zero-order valence-electron chi connectivity index (χ0n) is 20.7. The van der Waals surface area contributed by atoms with Crippen LogP contribution in [0.5, 0.6) is 5.75 Å². The molecule has 9 heteroatoms. The predicted octanol–water partition coefficient (Wildman–Crippen LogP) is 2.74. The zero-order chi connectivity index (χ0) is 24.8. The van der Waals surface area contributed by atoms with Gasteiger partial charge in [-0.05, 0) is 49.8 Å². The molecule has 4 rings (SSSR count). The first-order valence-electron chi connectivity index (χ1n) is 12.7. The number of hydrogen-bond donors (Lipinski definition) is 2. The molecule has 0 radical (unpaired) electrons. The second kappa shape index (κ2) is 11.9. The van der Waals surface area contributed by atoms with Crippen LogP contribution in [0.3, 0.4) is 0 Å².